The molecule has 1 N–H and O–H groups in total. The highest BCUT2D eigenvalue weighted by molar-refractivity contribution is 6.33. The third-order valence-corrected chi connectivity index (χ3v) is 3.99. The summed E-state index contributed by atoms with van der Waals surface area (Å²) in [6.07, 6.45) is 0. The molecule has 0 spiro atoms. The van der Waals surface area contributed by atoms with Crippen LogP contribution in [0.5, 0.6) is 11.5 Å². The Balaban J connectivity index is 2.23. The molecule has 0 saturated carbocycles. The van der Waals surface area contributed by atoms with Crippen molar-refractivity contribution < 1.29 is 19.2 Å². The van der Waals surface area contributed by atoms with Gasteiger partial charge in [0.25, 0.3) is 11.6 Å². The molecule has 7 nitrogen and oxygen atoms in total. The number of methoxy groups -OCH3 is 2. The summed E-state index contributed by atoms with van der Waals surface area (Å²) in [6.45, 7) is 1.78. The summed E-state index contributed by atoms with van der Waals surface area (Å²) in [5.74, 6) is 0.608. The maximum Gasteiger partial charge on any atom is 0.270 e. The number of amides is 1. The third-order valence-electron chi connectivity index (χ3n) is 3.66. The van der Waals surface area contributed by atoms with Gasteiger partial charge in [-0.25, -0.2) is 0 Å². The number of nitro benzene ring substituents is 1. The fourth-order valence-corrected chi connectivity index (χ4v) is 2.48. The minimum Gasteiger partial charge on any atom is -0.493 e. The number of hydrogen-bond acceptors (Lipinski definition) is 5. The van der Waals surface area contributed by atoms with E-state index >= 15 is 0 Å². The van der Waals surface area contributed by atoms with E-state index in [0.29, 0.717) is 11.5 Å². The average molecular weight is 365 g/mol. The lowest BCUT2D eigenvalue weighted by Crippen LogP contribution is -2.27. The lowest BCUT2D eigenvalue weighted by molar-refractivity contribution is -0.384. The molecule has 0 bridgehead atoms. The van der Waals surface area contributed by atoms with Gasteiger partial charge in [0.1, 0.15) is 0 Å². The fourth-order valence-electron chi connectivity index (χ4n) is 2.28. The highest BCUT2D eigenvalue weighted by atomic mass is 35.5. The zero-order valence-electron chi connectivity index (χ0n) is 13.9. The van der Waals surface area contributed by atoms with Crippen LogP contribution in [0.1, 0.15) is 28.9 Å². The minimum absolute atomic E-state index is 0.0446. The Morgan fingerprint density at radius 2 is 1.84 bits per heavy atom. The number of carbonyl (C=O) groups excluding carboxylic acids is 1. The highest BCUT2D eigenvalue weighted by Crippen LogP contribution is 2.30. The minimum atomic E-state index is -0.578. The van der Waals surface area contributed by atoms with Crippen molar-refractivity contribution in [1.29, 1.82) is 0 Å². The van der Waals surface area contributed by atoms with Crippen molar-refractivity contribution in [2.24, 2.45) is 0 Å². The van der Waals surface area contributed by atoms with Crippen LogP contribution < -0.4 is 14.8 Å². The summed E-state index contributed by atoms with van der Waals surface area (Å²) >= 11 is 5.99. The van der Waals surface area contributed by atoms with Gasteiger partial charge in [-0.2, -0.15) is 0 Å². The Labute approximate surface area is 149 Å². The number of ether oxygens (including phenoxy) is 2. The molecule has 0 fully saturated rings. The van der Waals surface area contributed by atoms with E-state index < -0.39 is 10.8 Å². The van der Waals surface area contributed by atoms with Crippen LogP contribution in [-0.4, -0.2) is 25.1 Å². The van der Waals surface area contributed by atoms with E-state index in [4.69, 9.17) is 21.1 Å². The average Bonchev–Trinajstić information content (AvgIpc) is 2.60. The number of hydrogen-bond donors (Lipinski definition) is 1. The number of nitro groups is 1. The largest absolute Gasteiger partial charge is 0.493 e. The lowest BCUT2D eigenvalue weighted by atomic mass is 10.1. The molecule has 1 amide bonds. The number of non-ortho nitro benzene ring substituents is 1. The molecular formula is C17H17ClN2O5. The van der Waals surface area contributed by atoms with Crippen LogP contribution in [0.2, 0.25) is 5.02 Å². The summed E-state index contributed by atoms with van der Waals surface area (Å²) in [6, 6.07) is 8.63. The van der Waals surface area contributed by atoms with Gasteiger partial charge in [-0.1, -0.05) is 17.7 Å². The molecule has 25 heavy (non-hydrogen) atoms. The molecule has 2 aromatic rings. The van der Waals surface area contributed by atoms with Crippen molar-refractivity contribution >= 4 is 23.2 Å². The van der Waals surface area contributed by atoms with E-state index in [1.165, 1.54) is 26.4 Å². The van der Waals surface area contributed by atoms with Gasteiger partial charge in [-0.05, 0) is 30.7 Å². The van der Waals surface area contributed by atoms with Crippen LogP contribution in [0.25, 0.3) is 0 Å². The summed E-state index contributed by atoms with van der Waals surface area (Å²) in [5, 5.41) is 13.8. The zero-order chi connectivity index (χ0) is 18.6. The predicted octanol–water partition coefficient (Wildman–Crippen LogP) is 3.76. The van der Waals surface area contributed by atoms with Crippen LogP contribution >= 0.6 is 11.6 Å². The molecule has 0 aliphatic rings. The first-order chi connectivity index (χ1) is 11.9. The number of carbonyl (C=O) groups is 1. The predicted molar refractivity (Wildman–Crippen MR) is 93.5 cm³/mol. The molecule has 0 heterocycles. The molecule has 0 aromatic heterocycles. The molecule has 0 saturated heterocycles. The highest BCUT2D eigenvalue weighted by Gasteiger charge is 2.18. The molecule has 132 valence electrons. The molecule has 2 rings (SSSR count). The van der Waals surface area contributed by atoms with E-state index in [1.54, 1.807) is 25.1 Å². The topological polar surface area (TPSA) is 90.7 Å². The maximum atomic E-state index is 12.4. The van der Waals surface area contributed by atoms with E-state index in [-0.39, 0.29) is 22.3 Å². The smallest absolute Gasteiger partial charge is 0.270 e. The van der Waals surface area contributed by atoms with Crippen molar-refractivity contribution in [3.8, 4) is 11.5 Å². The van der Waals surface area contributed by atoms with Crippen molar-refractivity contribution in [1.82, 2.24) is 5.32 Å². The Morgan fingerprint density at radius 3 is 2.44 bits per heavy atom. The molecular weight excluding hydrogens is 348 g/mol. The Hall–Kier alpha value is -2.80. The molecule has 1 unspecified atom stereocenters. The lowest BCUT2D eigenvalue weighted by Gasteiger charge is -2.17. The SMILES string of the molecule is COc1ccc(C(C)NC(=O)c2cc([N+](=O)[O-])ccc2Cl)cc1OC. The summed E-state index contributed by atoms with van der Waals surface area (Å²) in [4.78, 5) is 22.7. The first-order valence-electron chi connectivity index (χ1n) is 7.34. The fraction of sp³-hybridized carbons (Fsp3) is 0.235. The standard InChI is InChI=1S/C17H17ClN2O5/c1-10(11-4-7-15(24-2)16(8-11)25-3)19-17(21)13-9-12(20(22)23)5-6-14(13)18/h4-10H,1-3H3,(H,19,21). The monoisotopic (exact) mass is 364 g/mol. The molecule has 0 aliphatic heterocycles. The number of benzene rings is 2. The Morgan fingerprint density at radius 1 is 1.16 bits per heavy atom. The number of nitrogens with zero attached hydrogens (tertiary/aromatic N) is 1. The van der Waals surface area contributed by atoms with Gasteiger partial charge in [0.2, 0.25) is 0 Å². The summed E-state index contributed by atoms with van der Waals surface area (Å²) < 4.78 is 10.4. The zero-order valence-corrected chi connectivity index (χ0v) is 14.7. The second-order valence-electron chi connectivity index (χ2n) is 5.23. The second-order valence-corrected chi connectivity index (χ2v) is 5.64. The Kier molecular flexibility index (Phi) is 5.82. The van der Waals surface area contributed by atoms with E-state index in [2.05, 4.69) is 5.32 Å². The third kappa shape index (κ3) is 4.19. The number of nitrogens with one attached hydrogen (secondary N) is 1. The van der Waals surface area contributed by atoms with Crippen LogP contribution in [0.15, 0.2) is 36.4 Å². The van der Waals surface area contributed by atoms with Crippen molar-refractivity contribution in [2.45, 2.75) is 13.0 Å². The van der Waals surface area contributed by atoms with E-state index in [1.807, 2.05) is 0 Å². The molecule has 2 aromatic carbocycles. The molecule has 0 radical (unpaired) electrons. The van der Waals surface area contributed by atoms with Gasteiger partial charge < -0.3 is 14.8 Å². The molecule has 0 aliphatic carbocycles. The first-order valence-corrected chi connectivity index (χ1v) is 7.72. The number of rotatable bonds is 6. The van der Waals surface area contributed by atoms with Crippen LogP contribution in [0.4, 0.5) is 5.69 Å². The molecule has 8 heteroatoms. The molecule has 1 atom stereocenters. The summed E-state index contributed by atoms with van der Waals surface area (Å²) in [7, 11) is 3.06. The number of halogens is 1. The van der Waals surface area contributed by atoms with Crippen LogP contribution in [0.3, 0.4) is 0 Å². The van der Waals surface area contributed by atoms with Crippen LogP contribution in [-0.2, 0) is 0 Å². The van der Waals surface area contributed by atoms with Crippen molar-refractivity contribution in [3.05, 3.63) is 62.7 Å². The van der Waals surface area contributed by atoms with Crippen molar-refractivity contribution in [3.63, 3.8) is 0 Å². The van der Waals surface area contributed by atoms with E-state index in [9.17, 15) is 14.9 Å². The Bertz CT molecular complexity index is 810. The van der Waals surface area contributed by atoms with Gasteiger partial charge in [0.15, 0.2) is 11.5 Å². The van der Waals surface area contributed by atoms with Gasteiger partial charge in [0.05, 0.1) is 35.8 Å². The van der Waals surface area contributed by atoms with Gasteiger partial charge in [-0.3, -0.25) is 14.9 Å². The quantitative estimate of drug-likeness (QED) is 0.622. The summed E-state index contributed by atoms with van der Waals surface area (Å²) in [5.41, 5.74) is 0.629. The van der Waals surface area contributed by atoms with Gasteiger partial charge in [0, 0.05) is 12.1 Å². The first kappa shape index (κ1) is 18.5. The maximum absolute atomic E-state index is 12.4. The normalized spacial score (nSPS) is 11.5. The van der Waals surface area contributed by atoms with Crippen molar-refractivity contribution in [2.75, 3.05) is 14.2 Å². The second kappa shape index (κ2) is 7.85. The van der Waals surface area contributed by atoms with Gasteiger partial charge >= 0.3 is 0 Å². The van der Waals surface area contributed by atoms with Gasteiger partial charge in [-0.15, -0.1) is 0 Å². The van der Waals surface area contributed by atoms with Crippen LogP contribution in [0, 0.1) is 10.1 Å². The van der Waals surface area contributed by atoms with E-state index in [0.717, 1.165) is 11.6 Å².